The fourth-order valence-electron chi connectivity index (χ4n) is 2.51. The number of halogens is 1. The Labute approximate surface area is 150 Å². The van der Waals surface area contributed by atoms with Crippen molar-refractivity contribution in [2.24, 2.45) is 7.05 Å². The Balaban J connectivity index is 1.63. The van der Waals surface area contributed by atoms with Crippen molar-refractivity contribution in [3.05, 3.63) is 64.8 Å². The molecule has 0 aliphatic rings. The van der Waals surface area contributed by atoms with Crippen molar-refractivity contribution in [1.29, 1.82) is 0 Å². The Hall–Kier alpha value is -2.27. The van der Waals surface area contributed by atoms with Crippen LogP contribution in [-0.4, -0.2) is 23.4 Å². The van der Waals surface area contributed by atoms with Gasteiger partial charge in [-0.25, -0.2) is 0 Å². The monoisotopic (exact) mass is 384 g/mol. The van der Waals surface area contributed by atoms with Gasteiger partial charge in [0.05, 0.1) is 17.3 Å². The van der Waals surface area contributed by atoms with Gasteiger partial charge in [-0.3, -0.25) is 10.00 Å². The maximum Gasteiger partial charge on any atom is 0.118 e. The second-order valence-electron chi connectivity index (χ2n) is 5.53. The first-order valence-electron chi connectivity index (χ1n) is 7.76. The first kappa shape index (κ1) is 16.6. The number of ether oxygens (including phenoxy) is 1. The molecule has 0 amide bonds. The lowest BCUT2D eigenvalue weighted by molar-refractivity contribution is 0.414. The average Bonchev–Trinajstić information content (AvgIpc) is 2.94. The van der Waals surface area contributed by atoms with Gasteiger partial charge in [0.15, 0.2) is 0 Å². The minimum absolute atomic E-state index is 0.749. The highest BCUT2D eigenvalue weighted by molar-refractivity contribution is 9.10. The Morgan fingerprint density at radius 2 is 1.96 bits per heavy atom. The van der Waals surface area contributed by atoms with Crippen molar-refractivity contribution in [3.63, 3.8) is 0 Å². The Kier molecular flexibility index (Phi) is 5.20. The van der Waals surface area contributed by atoms with Gasteiger partial charge < -0.3 is 4.74 Å². The molecule has 0 aliphatic heterocycles. The van der Waals surface area contributed by atoms with Crippen molar-refractivity contribution in [3.8, 4) is 17.0 Å². The lowest BCUT2D eigenvalue weighted by Crippen LogP contribution is -2.03. The molecule has 0 N–H and O–H groups in total. The fraction of sp³-hybridized carbons (Fsp3) is 0.211. The van der Waals surface area contributed by atoms with Gasteiger partial charge in [0.25, 0.3) is 0 Å². The predicted octanol–water partition coefficient (Wildman–Crippen LogP) is 4.34. The molecule has 3 aromatic rings. The molecule has 3 rings (SSSR count). The minimum Gasteiger partial charge on any atom is -0.497 e. The van der Waals surface area contributed by atoms with E-state index in [1.807, 2.05) is 37.5 Å². The Morgan fingerprint density at radius 3 is 2.62 bits per heavy atom. The summed E-state index contributed by atoms with van der Waals surface area (Å²) in [4.78, 5) is 0. The number of hydrogen-bond donors (Lipinski definition) is 0. The van der Waals surface area contributed by atoms with Crippen molar-refractivity contribution in [2.75, 3.05) is 13.7 Å². The molecule has 0 spiro atoms. The summed E-state index contributed by atoms with van der Waals surface area (Å²) >= 11 is 3.55. The number of benzene rings is 2. The van der Waals surface area contributed by atoms with E-state index in [1.165, 1.54) is 5.56 Å². The van der Waals surface area contributed by atoms with Crippen LogP contribution in [-0.2, 0) is 13.5 Å². The predicted molar refractivity (Wildman–Crippen MR) is 99.7 cm³/mol. The number of aromatic nitrogens is 2. The van der Waals surface area contributed by atoms with E-state index in [-0.39, 0.29) is 0 Å². The molecule has 4 nitrogen and oxygen atoms in total. The number of hydrogen-bond acceptors (Lipinski definition) is 2. The molecule has 0 atom stereocenters. The topological polar surface area (TPSA) is 41.1 Å². The second kappa shape index (κ2) is 7.53. The Bertz CT molecular complexity index is 812. The van der Waals surface area contributed by atoms with Crippen molar-refractivity contribution < 1.29 is 4.74 Å². The molecule has 1 radical (unpaired) electrons. The summed E-state index contributed by atoms with van der Waals surface area (Å²) in [6.45, 7) is 0.749. The van der Waals surface area contributed by atoms with Crippen molar-refractivity contribution in [1.82, 2.24) is 15.1 Å². The first-order chi connectivity index (χ1) is 11.7. The van der Waals surface area contributed by atoms with Crippen molar-refractivity contribution in [2.45, 2.75) is 6.42 Å². The van der Waals surface area contributed by atoms with Gasteiger partial charge >= 0.3 is 0 Å². The molecule has 0 aliphatic carbocycles. The molecule has 1 heterocycles. The molecular formula is C19H19BrN3O. The molecule has 0 saturated carbocycles. The largest absolute Gasteiger partial charge is 0.497 e. The lowest BCUT2D eigenvalue weighted by atomic mass is 10.1. The maximum absolute atomic E-state index is 5.17. The maximum atomic E-state index is 5.17. The van der Waals surface area contributed by atoms with E-state index < -0.39 is 0 Å². The van der Waals surface area contributed by atoms with Gasteiger partial charge in [0, 0.05) is 25.4 Å². The summed E-state index contributed by atoms with van der Waals surface area (Å²) in [6, 6.07) is 16.3. The zero-order valence-electron chi connectivity index (χ0n) is 13.7. The third-order valence-corrected chi connectivity index (χ3v) is 4.34. The van der Waals surface area contributed by atoms with Gasteiger partial charge in [-0.05, 0) is 52.2 Å². The van der Waals surface area contributed by atoms with Crippen LogP contribution in [0.1, 0.15) is 5.56 Å². The summed E-state index contributed by atoms with van der Waals surface area (Å²) in [6.07, 6.45) is 2.85. The zero-order valence-corrected chi connectivity index (χ0v) is 15.3. The van der Waals surface area contributed by atoms with E-state index in [2.05, 4.69) is 50.6 Å². The molecule has 2 aromatic carbocycles. The van der Waals surface area contributed by atoms with E-state index in [1.54, 1.807) is 11.8 Å². The molecular weight excluding hydrogens is 366 g/mol. The van der Waals surface area contributed by atoms with Crippen LogP contribution in [0.25, 0.3) is 11.3 Å². The lowest BCUT2D eigenvalue weighted by Gasteiger charge is -2.06. The van der Waals surface area contributed by atoms with Crippen LogP contribution in [0.5, 0.6) is 5.75 Å². The van der Waals surface area contributed by atoms with E-state index in [4.69, 9.17) is 4.74 Å². The van der Waals surface area contributed by atoms with Crippen LogP contribution in [0.15, 0.2) is 59.2 Å². The molecule has 24 heavy (non-hydrogen) atoms. The number of methoxy groups -OCH3 is 1. The molecule has 0 unspecified atom stereocenters. The third-order valence-electron chi connectivity index (χ3n) is 3.76. The smallest absolute Gasteiger partial charge is 0.118 e. The summed E-state index contributed by atoms with van der Waals surface area (Å²) in [5, 5.41) is 9.17. The van der Waals surface area contributed by atoms with Gasteiger partial charge in [0.2, 0.25) is 0 Å². The zero-order chi connectivity index (χ0) is 16.9. The van der Waals surface area contributed by atoms with E-state index in [9.17, 15) is 0 Å². The van der Waals surface area contributed by atoms with Crippen LogP contribution in [0.4, 0.5) is 5.69 Å². The molecule has 0 fully saturated rings. The number of nitrogens with zero attached hydrogens (tertiary/aromatic N) is 3. The molecule has 123 valence electrons. The molecule has 0 bridgehead atoms. The summed E-state index contributed by atoms with van der Waals surface area (Å²) < 4.78 is 7.96. The second-order valence-corrected chi connectivity index (χ2v) is 6.38. The van der Waals surface area contributed by atoms with Crippen molar-refractivity contribution >= 4 is 21.6 Å². The molecule has 0 saturated heterocycles. The van der Waals surface area contributed by atoms with Crippen LogP contribution in [0, 0.1) is 0 Å². The van der Waals surface area contributed by atoms with Gasteiger partial charge in [-0.15, -0.1) is 0 Å². The van der Waals surface area contributed by atoms with Crippen LogP contribution >= 0.6 is 15.9 Å². The normalized spacial score (nSPS) is 10.6. The summed E-state index contributed by atoms with van der Waals surface area (Å²) in [5.74, 6) is 0.879. The van der Waals surface area contributed by atoms with Crippen LogP contribution < -0.4 is 10.1 Å². The van der Waals surface area contributed by atoms with E-state index >= 15 is 0 Å². The van der Waals surface area contributed by atoms with E-state index in [0.29, 0.717) is 0 Å². The van der Waals surface area contributed by atoms with Gasteiger partial charge in [-0.1, -0.05) is 24.3 Å². The SMILES string of the molecule is COc1ccc(CC[N]c2cccc(-c3nn(C)cc3Br)c2)cc1. The molecule has 5 heteroatoms. The molecule has 1 aromatic heterocycles. The van der Waals surface area contributed by atoms with Crippen LogP contribution in [0.3, 0.4) is 0 Å². The van der Waals surface area contributed by atoms with Gasteiger partial charge in [0.1, 0.15) is 11.4 Å². The first-order valence-corrected chi connectivity index (χ1v) is 8.55. The third kappa shape index (κ3) is 3.97. The highest BCUT2D eigenvalue weighted by atomic mass is 79.9. The number of rotatable bonds is 6. The quantitative estimate of drug-likeness (QED) is 0.634. The van der Waals surface area contributed by atoms with Gasteiger partial charge in [-0.2, -0.15) is 5.10 Å². The Morgan fingerprint density at radius 1 is 1.17 bits per heavy atom. The highest BCUT2D eigenvalue weighted by Gasteiger charge is 2.08. The average molecular weight is 385 g/mol. The number of aryl methyl sites for hydroxylation is 1. The van der Waals surface area contributed by atoms with Crippen LogP contribution in [0.2, 0.25) is 0 Å². The van der Waals surface area contributed by atoms with E-state index in [0.717, 1.165) is 40.1 Å². The highest BCUT2D eigenvalue weighted by Crippen LogP contribution is 2.28. The standard InChI is InChI=1S/C19H19BrN3O/c1-23-13-18(20)19(22-23)15-4-3-5-16(12-15)21-11-10-14-6-8-17(24-2)9-7-14/h3-9,12-13H,10-11H2,1-2H3. The summed E-state index contributed by atoms with van der Waals surface area (Å²) in [5.41, 5.74) is 4.22. The summed E-state index contributed by atoms with van der Waals surface area (Å²) in [7, 11) is 3.59. The fourth-order valence-corrected chi connectivity index (χ4v) is 3.12. The minimum atomic E-state index is 0.749.